The third-order valence-electron chi connectivity index (χ3n) is 3.93. The molecule has 23 heavy (non-hydrogen) atoms. The minimum Gasteiger partial charge on any atom is -0.378 e. The Morgan fingerprint density at radius 3 is 2.65 bits per heavy atom. The van der Waals surface area contributed by atoms with Gasteiger partial charge in [0.15, 0.2) is 0 Å². The second-order valence-electron chi connectivity index (χ2n) is 5.52. The predicted octanol–water partition coefficient (Wildman–Crippen LogP) is 1.84. The first-order valence-corrected chi connectivity index (χ1v) is 7.66. The summed E-state index contributed by atoms with van der Waals surface area (Å²) < 4.78 is 5.29. The number of pyridine rings is 1. The zero-order valence-corrected chi connectivity index (χ0v) is 14.6. The monoisotopic (exact) mass is 362 g/mol. The van der Waals surface area contributed by atoms with E-state index in [2.05, 4.69) is 20.5 Å². The topological polar surface area (TPSA) is 66.5 Å². The molecule has 3 rings (SSSR count). The standard InChI is InChI=1S/C15H22N4O2.2ClH/c20-15(13-11-21-9-6-16-13)18-12-4-5-14(17-10-12)19-7-2-1-3-8-19;;/h4-5,10,13,16H,1-3,6-9,11H2,(H,18,20);2*1H. The average molecular weight is 363 g/mol. The molecular weight excluding hydrogens is 339 g/mol. The zero-order chi connectivity index (χ0) is 14.5. The molecular formula is C15H24Cl2N4O2. The van der Waals surface area contributed by atoms with Crippen molar-refractivity contribution in [3.8, 4) is 0 Å². The number of carbonyl (C=O) groups excluding carboxylic acids is 1. The highest BCUT2D eigenvalue weighted by molar-refractivity contribution is 5.94. The molecule has 2 N–H and O–H groups in total. The first-order valence-electron chi connectivity index (χ1n) is 7.66. The summed E-state index contributed by atoms with van der Waals surface area (Å²) in [6.45, 7) is 3.94. The molecule has 2 aliphatic heterocycles. The number of amides is 1. The van der Waals surface area contributed by atoms with Gasteiger partial charge >= 0.3 is 0 Å². The Labute approximate surface area is 149 Å². The molecule has 1 unspecified atom stereocenters. The van der Waals surface area contributed by atoms with Crippen LogP contribution < -0.4 is 15.5 Å². The van der Waals surface area contributed by atoms with Gasteiger partial charge in [-0.05, 0) is 31.4 Å². The second kappa shape index (κ2) is 9.93. The van der Waals surface area contributed by atoms with Crippen LogP contribution in [0.1, 0.15) is 19.3 Å². The van der Waals surface area contributed by atoms with Crippen LogP contribution in [0.4, 0.5) is 11.5 Å². The van der Waals surface area contributed by atoms with E-state index in [-0.39, 0.29) is 36.8 Å². The van der Waals surface area contributed by atoms with Crippen molar-refractivity contribution in [2.75, 3.05) is 43.1 Å². The molecule has 3 heterocycles. The fraction of sp³-hybridized carbons (Fsp3) is 0.600. The van der Waals surface area contributed by atoms with Gasteiger partial charge < -0.3 is 20.3 Å². The number of aromatic nitrogens is 1. The molecule has 130 valence electrons. The van der Waals surface area contributed by atoms with Crippen molar-refractivity contribution in [2.24, 2.45) is 0 Å². The molecule has 0 bridgehead atoms. The molecule has 2 saturated heterocycles. The summed E-state index contributed by atoms with van der Waals surface area (Å²) in [5.41, 5.74) is 0.730. The largest absolute Gasteiger partial charge is 0.378 e. The zero-order valence-electron chi connectivity index (χ0n) is 13.0. The minimum atomic E-state index is -0.277. The Hall–Kier alpha value is -1.08. The number of halogens is 2. The minimum absolute atomic E-state index is 0. The van der Waals surface area contributed by atoms with E-state index in [4.69, 9.17) is 4.74 Å². The van der Waals surface area contributed by atoms with Gasteiger partial charge in [-0.15, -0.1) is 24.8 Å². The molecule has 0 aliphatic carbocycles. The van der Waals surface area contributed by atoms with Gasteiger partial charge in [0.2, 0.25) is 5.91 Å². The molecule has 0 radical (unpaired) electrons. The maximum Gasteiger partial charge on any atom is 0.243 e. The van der Waals surface area contributed by atoms with Crippen molar-refractivity contribution in [1.29, 1.82) is 0 Å². The molecule has 1 aromatic heterocycles. The van der Waals surface area contributed by atoms with Gasteiger partial charge in [0.1, 0.15) is 11.9 Å². The van der Waals surface area contributed by atoms with Crippen LogP contribution in [0, 0.1) is 0 Å². The Bertz CT molecular complexity index is 475. The highest BCUT2D eigenvalue weighted by Gasteiger charge is 2.21. The first kappa shape index (κ1) is 20.0. The number of ether oxygens (including phenoxy) is 1. The van der Waals surface area contributed by atoms with Crippen LogP contribution in [0.2, 0.25) is 0 Å². The lowest BCUT2D eigenvalue weighted by Gasteiger charge is -2.27. The van der Waals surface area contributed by atoms with Crippen LogP contribution in [0.5, 0.6) is 0 Å². The van der Waals surface area contributed by atoms with Crippen molar-refractivity contribution in [1.82, 2.24) is 10.3 Å². The number of rotatable bonds is 3. The molecule has 0 spiro atoms. The van der Waals surface area contributed by atoms with E-state index in [1.54, 1.807) is 6.20 Å². The number of hydrogen-bond donors (Lipinski definition) is 2. The van der Waals surface area contributed by atoms with Crippen molar-refractivity contribution in [3.63, 3.8) is 0 Å². The van der Waals surface area contributed by atoms with Crippen LogP contribution in [0.3, 0.4) is 0 Å². The fourth-order valence-corrected chi connectivity index (χ4v) is 2.73. The molecule has 2 fully saturated rings. The number of piperidine rings is 1. The van der Waals surface area contributed by atoms with E-state index in [9.17, 15) is 4.79 Å². The predicted molar refractivity (Wildman–Crippen MR) is 96.0 cm³/mol. The van der Waals surface area contributed by atoms with E-state index >= 15 is 0 Å². The summed E-state index contributed by atoms with van der Waals surface area (Å²) >= 11 is 0. The van der Waals surface area contributed by atoms with E-state index < -0.39 is 0 Å². The Kier molecular flexibility index (Phi) is 8.62. The molecule has 8 heteroatoms. The van der Waals surface area contributed by atoms with Crippen molar-refractivity contribution >= 4 is 42.2 Å². The summed E-state index contributed by atoms with van der Waals surface area (Å²) in [4.78, 5) is 18.8. The Morgan fingerprint density at radius 2 is 2.04 bits per heavy atom. The molecule has 1 amide bonds. The highest BCUT2D eigenvalue weighted by Crippen LogP contribution is 2.19. The van der Waals surface area contributed by atoms with Gasteiger partial charge in [-0.1, -0.05) is 0 Å². The van der Waals surface area contributed by atoms with Gasteiger partial charge in [0.25, 0.3) is 0 Å². The summed E-state index contributed by atoms with van der Waals surface area (Å²) in [7, 11) is 0. The SMILES string of the molecule is Cl.Cl.O=C(Nc1ccc(N2CCCCC2)nc1)C1COCCN1. The van der Waals surface area contributed by atoms with Gasteiger partial charge in [-0.3, -0.25) is 4.79 Å². The lowest BCUT2D eigenvalue weighted by molar-refractivity contribution is -0.120. The van der Waals surface area contributed by atoms with Crippen LogP contribution in [-0.4, -0.2) is 49.8 Å². The highest BCUT2D eigenvalue weighted by atomic mass is 35.5. The molecule has 1 aromatic rings. The van der Waals surface area contributed by atoms with E-state index in [0.717, 1.165) is 24.6 Å². The van der Waals surface area contributed by atoms with Gasteiger partial charge in [-0.2, -0.15) is 0 Å². The van der Waals surface area contributed by atoms with E-state index in [1.165, 1.54) is 19.3 Å². The Morgan fingerprint density at radius 1 is 1.26 bits per heavy atom. The number of carbonyl (C=O) groups is 1. The van der Waals surface area contributed by atoms with Crippen LogP contribution in [0.15, 0.2) is 18.3 Å². The maximum absolute atomic E-state index is 12.1. The second-order valence-corrected chi connectivity index (χ2v) is 5.52. The number of nitrogens with one attached hydrogen (secondary N) is 2. The first-order chi connectivity index (χ1) is 10.3. The summed E-state index contributed by atoms with van der Waals surface area (Å²) in [5, 5.41) is 6.02. The Balaban J connectivity index is 0.00000132. The summed E-state index contributed by atoms with van der Waals surface area (Å²) in [6.07, 6.45) is 5.49. The number of nitrogens with zero attached hydrogens (tertiary/aromatic N) is 2. The van der Waals surface area contributed by atoms with Crippen molar-refractivity contribution in [3.05, 3.63) is 18.3 Å². The molecule has 6 nitrogen and oxygen atoms in total. The van der Waals surface area contributed by atoms with Gasteiger partial charge in [-0.25, -0.2) is 4.98 Å². The quantitative estimate of drug-likeness (QED) is 0.858. The van der Waals surface area contributed by atoms with Crippen molar-refractivity contribution < 1.29 is 9.53 Å². The molecule has 0 aromatic carbocycles. The molecule has 2 aliphatic rings. The van der Waals surface area contributed by atoms with E-state index in [0.29, 0.717) is 19.8 Å². The number of morpholine rings is 1. The van der Waals surface area contributed by atoms with Crippen LogP contribution in [-0.2, 0) is 9.53 Å². The normalized spacial score (nSPS) is 20.9. The van der Waals surface area contributed by atoms with E-state index in [1.807, 2.05) is 12.1 Å². The number of hydrogen-bond acceptors (Lipinski definition) is 5. The smallest absolute Gasteiger partial charge is 0.243 e. The average Bonchev–Trinajstić information content (AvgIpc) is 2.57. The lowest BCUT2D eigenvalue weighted by Crippen LogP contribution is -2.48. The fourth-order valence-electron chi connectivity index (χ4n) is 2.73. The van der Waals surface area contributed by atoms with Crippen LogP contribution in [0.25, 0.3) is 0 Å². The van der Waals surface area contributed by atoms with Gasteiger partial charge in [0.05, 0.1) is 25.1 Å². The molecule has 0 saturated carbocycles. The third-order valence-corrected chi connectivity index (χ3v) is 3.93. The maximum atomic E-state index is 12.1. The number of anilines is 2. The summed E-state index contributed by atoms with van der Waals surface area (Å²) in [5.74, 6) is 0.925. The van der Waals surface area contributed by atoms with Gasteiger partial charge in [0, 0.05) is 19.6 Å². The molecule has 1 atom stereocenters. The summed E-state index contributed by atoms with van der Waals surface area (Å²) in [6, 6.07) is 3.62. The van der Waals surface area contributed by atoms with Crippen LogP contribution >= 0.6 is 24.8 Å². The third kappa shape index (κ3) is 5.49. The van der Waals surface area contributed by atoms with Crippen molar-refractivity contribution in [2.45, 2.75) is 25.3 Å². The lowest BCUT2D eigenvalue weighted by atomic mass is 10.1.